The molecule has 0 heterocycles. The number of ether oxygens (including phenoxy) is 1. The molecular weight excluding hydrogens is 266 g/mol. The summed E-state index contributed by atoms with van der Waals surface area (Å²) in [4.78, 5) is 11.9. The summed E-state index contributed by atoms with van der Waals surface area (Å²) in [5, 5.41) is 12.1. The normalized spacial score (nSPS) is 10.2. The molecule has 21 heavy (non-hydrogen) atoms. The Morgan fingerprint density at radius 2 is 1.95 bits per heavy atom. The van der Waals surface area contributed by atoms with Gasteiger partial charge in [0.2, 0.25) is 5.91 Å². The number of nitrogens with one attached hydrogen (secondary N) is 1. The van der Waals surface area contributed by atoms with Gasteiger partial charge in [0.1, 0.15) is 5.75 Å². The second-order valence-electron chi connectivity index (χ2n) is 4.72. The summed E-state index contributed by atoms with van der Waals surface area (Å²) < 4.78 is 5.13. The topological polar surface area (TPSA) is 58.6 Å². The van der Waals surface area contributed by atoms with Gasteiger partial charge in [0.15, 0.2) is 0 Å². The molecule has 0 aromatic heterocycles. The van der Waals surface area contributed by atoms with Crippen LogP contribution in [0.1, 0.15) is 17.5 Å². The molecule has 0 aliphatic rings. The minimum absolute atomic E-state index is 0.0482. The lowest BCUT2D eigenvalue weighted by atomic mass is 10.1. The first-order valence-corrected chi connectivity index (χ1v) is 6.84. The summed E-state index contributed by atoms with van der Waals surface area (Å²) >= 11 is 0. The van der Waals surface area contributed by atoms with Crippen LogP contribution in [-0.2, 0) is 17.8 Å². The minimum atomic E-state index is -0.128. The minimum Gasteiger partial charge on any atom is -0.496 e. The van der Waals surface area contributed by atoms with Crippen molar-refractivity contribution in [2.24, 2.45) is 0 Å². The van der Waals surface area contributed by atoms with Gasteiger partial charge >= 0.3 is 0 Å². The van der Waals surface area contributed by atoms with E-state index in [1.807, 2.05) is 30.3 Å². The molecule has 2 aromatic carbocycles. The largest absolute Gasteiger partial charge is 0.496 e. The standard InChI is InChI=1S/C17H19NO3/c1-21-16-9-8-15(11-14(16)12-19)18-17(20)10-7-13-5-3-2-4-6-13/h2-6,8-9,11,19H,7,10,12H2,1H3,(H,18,20). The second kappa shape index (κ2) is 7.45. The molecule has 4 heteroatoms. The first kappa shape index (κ1) is 15.1. The van der Waals surface area contributed by atoms with Crippen molar-refractivity contribution in [3.8, 4) is 5.75 Å². The highest BCUT2D eigenvalue weighted by Crippen LogP contribution is 2.22. The third kappa shape index (κ3) is 4.33. The van der Waals surface area contributed by atoms with E-state index in [4.69, 9.17) is 4.74 Å². The van der Waals surface area contributed by atoms with Crippen LogP contribution >= 0.6 is 0 Å². The van der Waals surface area contributed by atoms with Crippen LogP contribution in [0, 0.1) is 0 Å². The quantitative estimate of drug-likeness (QED) is 0.858. The molecule has 0 radical (unpaired) electrons. The number of carbonyl (C=O) groups is 1. The van der Waals surface area contributed by atoms with Crippen molar-refractivity contribution in [2.75, 3.05) is 12.4 Å². The molecule has 2 N–H and O–H groups in total. The van der Waals surface area contributed by atoms with Crippen LogP contribution in [0.15, 0.2) is 48.5 Å². The van der Waals surface area contributed by atoms with Gasteiger partial charge in [-0.1, -0.05) is 30.3 Å². The van der Waals surface area contributed by atoms with Crippen molar-refractivity contribution in [1.82, 2.24) is 0 Å². The van der Waals surface area contributed by atoms with Gasteiger partial charge in [0, 0.05) is 17.7 Å². The Morgan fingerprint density at radius 3 is 2.62 bits per heavy atom. The van der Waals surface area contributed by atoms with E-state index in [1.54, 1.807) is 25.3 Å². The van der Waals surface area contributed by atoms with Crippen LogP contribution in [0.5, 0.6) is 5.75 Å². The molecule has 0 fully saturated rings. The number of rotatable bonds is 6. The number of aliphatic hydroxyl groups excluding tert-OH is 1. The van der Waals surface area contributed by atoms with Crippen LogP contribution in [0.2, 0.25) is 0 Å². The fourth-order valence-corrected chi connectivity index (χ4v) is 2.11. The molecular formula is C17H19NO3. The zero-order valence-corrected chi connectivity index (χ0v) is 12.0. The fraction of sp³-hybridized carbons (Fsp3) is 0.235. The van der Waals surface area contributed by atoms with Gasteiger partial charge < -0.3 is 15.2 Å². The second-order valence-corrected chi connectivity index (χ2v) is 4.72. The molecule has 4 nitrogen and oxygen atoms in total. The van der Waals surface area contributed by atoms with Crippen molar-refractivity contribution < 1.29 is 14.6 Å². The summed E-state index contributed by atoms with van der Waals surface area (Å²) in [6, 6.07) is 15.1. The highest BCUT2D eigenvalue weighted by atomic mass is 16.5. The average molecular weight is 285 g/mol. The average Bonchev–Trinajstić information content (AvgIpc) is 2.53. The number of hydrogen-bond acceptors (Lipinski definition) is 3. The van der Waals surface area contributed by atoms with Crippen LogP contribution in [0.25, 0.3) is 0 Å². The highest BCUT2D eigenvalue weighted by Gasteiger charge is 2.07. The Hall–Kier alpha value is -2.33. The zero-order valence-electron chi connectivity index (χ0n) is 12.0. The van der Waals surface area contributed by atoms with E-state index in [0.29, 0.717) is 29.8 Å². The molecule has 0 saturated carbocycles. The third-order valence-corrected chi connectivity index (χ3v) is 3.22. The molecule has 0 unspecified atom stereocenters. The van der Waals surface area contributed by atoms with E-state index < -0.39 is 0 Å². The molecule has 0 aliphatic carbocycles. The third-order valence-electron chi connectivity index (χ3n) is 3.22. The SMILES string of the molecule is COc1ccc(NC(=O)CCc2ccccc2)cc1CO. The maximum Gasteiger partial charge on any atom is 0.224 e. The number of amides is 1. The van der Waals surface area contributed by atoms with E-state index in [1.165, 1.54) is 0 Å². The molecule has 0 spiro atoms. The highest BCUT2D eigenvalue weighted by molar-refractivity contribution is 5.91. The number of aryl methyl sites for hydroxylation is 1. The number of carbonyl (C=O) groups excluding carboxylic acids is 1. The van der Waals surface area contributed by atoms with Crippen molar-refractivity contribution in [3.05, 3.63) is 59.7 Å². The molecule has 2 rings (SSSR count). The monoisotopic (exact) mass is 285 g/mol. The molecule has 1 amide bonds. The van der Waals surface area contributed by atoms with Crippen molar-refractivity contribution in [3.63, 3.8) is 0 Å². The van der Waals surface area contributed by atoms with E-state index in [9.17, 15) is 9.90 Å². The fourth-order valence-electron chi connectivity index (χ4n) is 2.11. The van der Waals surface area contributed by atoms with E-state index >= 15 is 0 Å². The van der Waals surface area contributed by atoms with E-state index in [-0.39, 0.29) is 12.5 Å². The van der Waals surface area contributed by atoms with Gasteiger partial charge in [0.25, 0.3) is 0 Å². The number of methoxy groups -OCH3 is 1. The van der Waals surface area contributed by atoms with Gasteiger partial charge in [-0.05, 0) is 30.2 Å². The van der Waals surface area contributed by atoms with E-state index in [0.717, 1.165) is 5.56 Å². The Kier molecular flexibility index (Phi) is 5.35. The Morgan fingerprint density at radius 1 is 1.19 bits per heavy atom. The lowest BCUT2D eigenvalue weighted by molar-refractivity contribution is -0.116. The van der Waals surface area contributed by atoms with Gasteiger partial charge in [-0.15, -0.1) is 0 Å². The van der Waals surface area contributed by atoms with Gasteiger partial charge in [-0.25, -0.2) is 0 Å². The van der Waals surface area contributed by atoms with Crippen molar-refractivity contribution >= 4 is 11.6 Å². The summed E-state index contributed by atoms with van der Waals surface area (Å²) in [6.07, 6.45) is 1.13. The maximum atomic E-state index is 11.9. The van der Waals surface area contributed by atoms with Crippen LogP contribution < -0.4 is 10.1 Å². The van der Waals surface area contributed by atoms with Gasteiger partial charge in [0.05, 0.1) is 13.7 Å². The summed E-state index contributed by atoms with van der Waals surface area (Å²) in [5.74, 6) is 0.563. The molecule has 2 aromatic rings. The zero-order chi connectivity index (χ0) is 15.1. The number of hydrogen-bond donors (Lipinski definition) is 2. The van der Waals surface area contributed by atoms with E-state index in [2.05, 4.69) is 5.32 Å². The van der Waals surface area contributed by atoms with Gasteiger partial charge in [-0.3, -0.25) is 4.79 Å². The predicted molar refractivity (Wildman–Crippen MR) is 82.3 cm³/mol. The lowest BCUT2D eigenvalue weighted by Gasteiger charge is -2.10. The molecule has 110 valence electrons. The molecule has 0 saturated heterocycles. The van der Waals surface area contributed by atoms with Crippen molar-refractivity contribution in [2.45, 2.75) is 19.4 Å². The Labute approximate surface area is 124 Å². The Balaban J connectivity index is 1.93. The first-order chi connectivity index (χ1) is 10.2. The van der Waals surface area contributed by atoms with Crippen LogP contribution in [0.4, 0.5) is 5.69 Å². The number of anilines is 1. The molecule has 0 atom stereocenters. The van der Waals surface area contributed by atoms with Crippen molar-refractivity contribution in [1.29, 1.82) is 0 Å². The first-order valence-electron chi connectivity index (χ1n) is 6.84. The molecule has 0 aliphatic heterocycles. The van der Waals surface area contributed by atoms with Crippen LogP contribution in [0.3, 0.4) is 0 Å². The van der Waals surface area contributed by atoms with Crippen LogP contribution in [-0.4, -0.2) is 18.1 Å². The predicted octanol–water partition coefficient (Wildman–Crippen LogP) is 2.76. The number of aliphatic hydroxyl groups is 1. The maximum absolute atomic E-state index is 11.9. The van der Waals surface area contributed by atoms with Gasteiger partial charge in [-0.2, -0.15) is 0 Å². The molecule has 0 bridgehead atoms. The lowest BCUT2D eigenvalue weighted by Crippen LogP contribution is -2.12. The smallest absolute Gasteiger partial charge is 0.224 e. The summed E-state index contributed by atoms with van der Waals surface area (Å²) in [5.41, 5.74) is 2.45. The summed E-state index contributed by atoms with van der Waals surface area (Å²) in [7, 11) is 1.55. The Bertz CT molecular complexity index is 596. The summed E-state index contributed by atoms with van der Waals surface area (Å²) in [6.45, 7) is -0.128. The number of benzene rings is 2.